The molecule has 20 heavy (non-hydrogen) atoms. The van der Waals surface area contributed by atoms with E-state index in [4.69, 9.17) is 0 Å². The van der Waals surface area contributed by atoms with Gasteiger partial charge in [0.15, 0.2) is 0 Å². The van der Waals surface area contributed by atoms with Gasteiger partial charge in [0.1, 0.15) is 0 Å². The van der Waals surface area contributed by atoms with Crippen LogP contribution in [0.2, 0.25) is 0 Å². The number of aromatic amines is 1. The highest BCUT2D eigenvalue weighted by atomic mass is 16.2. The van der Waals surface area contributed by atoms with Gasteiger partial charge < -0.3 is 10.2 Å². The van der Waals surface area contributed by atoms with Crippen LogP contribution in [-0.4, -0.2) is 40.0 Å². The zero-order valence-electron chi connectivity index (χ0n) is 11.8. The number of rotatable bonds is 3. The maximum atomic E-state index is 12.3. The van der Waals surface area contributed by atoms with Crippen molar-refractivity contribution in [2.45, 2.75) is 26.7 Å². The second-order valence-electron chi connectivity index (χ2n) is 6.49. The van der Waals surface area contributed by atoms with Gasteiger partial charge in [-0.05, 0) is 18.3 Å². The van der Waals surface area contributed by atoms with Crippen molar-refractivity contribution in [3.63, 3.8) is 0 Å². The molecule has 0 radical (unpaired) electrons. The number of nitrogens with zero attached hydrogens (tertiary/aromatic N) is 2. The Morgan fingerprint density at radius 1 is 1.50 bits per heavy atom. The average Bonchev–Trinajstić information content (AvgIpc) is 2.86. The van der Waals surface area contributed by atoms with Crippen LogP contribution in [0, 0.1) is 17.3 Å². The monoisotopic (exact) mass is 276 g/mol. The molecule has 2 atom stereocenters. The number of amides is 2. The molecule has 3 rings (SSSR count). The molecular weight excluding hydrogens is 256 g/mol. The van der Waals surface area contributed by atoms with Crippen molar-refractivity contribution in [1.82, 2.24) is 15.1 Å². The summed E-state index contributed by atoms with van der Waals surface area (Å²) in [7, 11) is 0. The second-order valence-corrected chi connectivity index (χ2v) is 6.49. The van der Waals surface area contributed by atoms with Gasteiger partial charge in [-0.15, -0.1) is 0 Å². The molecule has 1 aromatic heterocycles. The summed E-state index contributed by atoms with van der Waals surface area (Å²) in [6, 6.07) is 0. The van der Waals surface area contributed by atoms with Gasteiger partial charge in [-0.2, -0.15) is 5.10 Å². The molecule has 2 fully saturated rings. The lowest BCUT2D eigenvalue weighted by Gasteiger charge is -2.17. The molecule has 0 bridgehead atoms. The summed E-state index contributed by atoms with van der Waals surface area (Å²) in [5.41, 5.74) is 0.817. The number of carbonyl (C=O) groups is 2. The van der Waals surface area contributed by atoms with Crippen molar-refractivity contribution in [1.29, 1.82) is 0 Å². The molecule has 2 heterocycles. The number of H-pyrrole nitrogens is 1. The molecule has 1 aliphatic carbocycles. The Morgan fingerprint density at radius 3 is 2.85 bits per heavy atom. The molecule has 2 N–H and O–H groups in total. The molecule has 1 aromatic rings. The maximum Gasteiger partial charge on any atom is 0.229 e. The van der Waals surface area contributed by atoms with E-state index in [1.807, 2.05) is 4.90 Å². The molecule has 1 saturated carbocycles. The highest BCUT2D eigenvalue weighted by Gasteiger charge is 2.52. The molecule has 2 unspecified atom stereocenters. The fourth-order valence-electron chi connectivity index (χ4n) is 2.85. The molecule has 6 heteroatoms. The molecule has 1 aliphatic heterocycles. The third kappa shape index (κ3) is 2.42. The van der Waals surface area contributed by atoms with E-state index in [0.29, 0.717) is 18.8 Å². The Bertz CT molecular complexity index is 523. The molecule has 2 amide bonds. The first kappa shape index (κ1) is 13.1. The quantitative estimate of drug-likeness (QED) is 0.872. The SMILES string of the molecule is CC1(C)CC1C(=O)N1CCC(C(=O)Nc2cn[nH]c2)C1. The zero-order valence-corrected chi connectivity index (χ0v) is 11.8. The highest BCUT2D eigenvalue weighted by Crippen LogP contribution is 2.52. The lowest BCUT2D eigenvalue weighted by Crippen LogP contribution is -2.33. The van der Waals surface area contributed by atoms with Crippen molar-refractivity contribution in [3.8, 4) is 0 Å². The highest BCUT2D eigenvalue weighted by molar-refractivity contribution is 5.93. The lowest BCUT2D eigenvalue weighted by atomic mass is 10.1. The number of carbonyl (C=O) groups excluding carboxylic acids is 2. The Labute approximate surface area is 117 Å². The van der Waals surface area contributed by atoms with Gasteiger partial charge in [-0.25, -0.2) is 0 Å². The van der Waals surface area contributed by atoms with Crippen LogP contribution in [0.15, 0.2) is 12.4 Å². The van der Waals surface area contributed by atoms with E-state index in [-0.39, 0.29) is 29.1 Å². The summed E-state index contributed by atoms with van der Waals surface area (Å²) in [6.07, 6.45) is 4.92. The number of nitrogens with one attached hydrogen (secondary N) is 2. The van der Waals surface area contributed by atoms with Crippen LogP contribution >= 0.6 is 0 Å². The molecule has 0 spiro atoms. The lowest BCUT2D eigenvalue weighted by molar-refractivity contribution is -0.132. The smallest absolute Gasteiger partial charge is 0.229 e. The number of hydrogen-bond acceptors (Lipinski definition) is 3. The van der Waals surface area contributed by atoms with E-state index < -0.39 is 0 Å². The molecule has 1 saturated heterocycles. The van der Waals surface area contributed by atoms with Gasteiger partial charge in [0.05, 0.1) is 17.8 Å². The Kier molecular flexibility index (Phi) is 3.03. The predicted molar refractivity (Wildman–Crippen MR) is 73.8 cm³/mol. The Morgan fingerprint density at radius 2 is 2.25 bits per heavy atom. The second kappa shape index (κ2) is 4.61. The van der Waals surface area contributed by atoms with E-state index in [1.165, 1.54) is 0 Å². The molecule has 6 nitrogen and oxygen atoms in total. The normalized spacial score (nSPS) is 27.4. The van der Waals surface area contributed by atoms with Crippen LogP contribution in [0.25, 0.3) is 0 Å². The van der Waals surface area contributed by atoms with Crippen LogP contribution in [0.5, 0.6) is 0 Å². The van der Waals surface area contributed by atoms with Crippen LogP contribution in [0.3, 0.4) is 0 Å². The number of likely N-dealkylation sites (tertiary alicyclic amines) is 1. The van der Waals surface area contributed by atoms with Gasteiger partial charge >= 0.3 is 0 Å². The fraction of sp³-hybridized carbons (Fsp3) is 0.643. The molecule has 108 valence electrons. The van der Waals surface area contributed by atoms with Gasteiger partial charge in [-0.1, -0.05) is 13.8 Å². The van der Waals surface area contributed by atoms with Crippen molar-refractivity contribution < 1.29 is 9.59 Å². The minimum atomic E-state index is -0.115. The van der Waals surface area contributed by atoms with Crippen LogP contribution < -0.4 is 5.32 Å². The van der Waals surface area contributed by atoms with E-state index in [9.17, 15) is 9.59 Å². The van der Waals surface area contributed by atoms with Gasteiger partial charge in [0.25, 0.3) is 0 Å². The van der Waals surface area contributed by atoms with Crippen molar-refractivity contribution in [2.24, 2.45) is 17.3 Å². The van der Waals surface area contributed by atoms with Gasteiger partial charge in [0, 0.05) is 25.2 Å². The van der Waals surface area contributed by atoms with E-state index in [1.54, 1.807) is 12.4 Å². The third-order valence-electron chi connectivity index (χ3n) is 4.45. The summed E-state index contributed by atoms with van der Waals surface area (Å²) in [5, 5.41) is 9.26. The maximum absolute atomic E-state index is 12.3. The fourth-order valence-corrected chi connectivity index (χ4v) is 2.85. The van der Waals surface area contributed by atoms with Gasteiger partial charge in [0.2, 0.25) is 11.8 Å². The van der Waals surface area contributed by atoms with E-state index in [2.05, 4.69) is 29.4 Å². The van der Waals surface area contributed by atoms with Crippen LogP contribution in [0.1, 0.15) is 26.7 Å². The summed E-state index contributed by atoms with van der Waals surface area (Å²) in [6.45, 7) is 5.47. The minimum absolute atomic E-state index is 0.0308. The molecule has 0 aromatic carbocycles. The number of hydrogen-bond donors (Lipinski definition) is 2. The van der Waals surface area contributed by atoms with Crippen molar-refractivity contribution >= 4 is 17.5 Å². The minimum Gasteiger partial charge on any atom is -0.342 e. The first-order chi connectivity index (χ1) is 9.47. The van der Waals surface area contributed by atoms with Crippen molar-refractivity contribution in [3.05, 3.63) is 12.4 Å². The first-order valence-corrected chi connectivity index (χ1v) is 7.06. The Hall–Kier alpha value is -1.85. The predicted octanol–water partition coefficient (Wildman–Crippen LogP) is 1.24. The Balaban J connectivity index is 1.54. The van der Waals surface area contributed by atoms with Crippen molar-refractivity contribution in [2.75, 3.05) is 18.4 Å². The number of anilines is 1. The average molecular weight is 276 g/mol. The molecule has 2 aliphatic rings. The largest absolute Gasteiger partial charge is 0.342 e. The zero-order chi connectivity index (χ0) is 14.3. The third-order valence-corrected chi connectivity index (χ3v) is 4.45. The molecular formula is C14H20N4O2. The summed E-state index contributed by atoms with van der Waals surface area (Å²) >= 11 is 0. The van der Waals surface area contributed by atoms with Gasteiger partial charge in [-0.3, -0.25) is 14.7 Å². The van der Waals surface area contributed by atoms with Crippen LogP contribution in [0.4, 0.5) is 5.69 Å². The van der Waals surface area contributed by atoms with Crippen LogP contribution in [-0.2, 0) is 9.59 Å². The summed E-state index contributed by atoms with van der Waals surface area (Å²) < 4.78 is 0. The summed E-state index contributed by atoms with van der Waals surface area (Å²) in [4.78, 5) is 26.2. The summed E-state index contributed by atoms with van der Waals surface area (Å²) in [5.74, 6) is 0.222. The first-order valence-electron chi connectivity index (χ1n) is 7.06. The topological polar surface area (TPSA) is 78.1 Å². The number of aromatic nitrogens is 2. The standard InChI is InChI=1S/C14H20N4O2/c1-14(2)5-11(14)13(20)18-4-3-9(8-18)12(19)17-10-6-15-16-7-10/h6-7,9,11H,3-5,8H2,1-2H3,(H,15,16)(H,17,19). The van der Waals surface area contributed by atoms with E-state index in [0.717, 1.165) is 12.8 Å². The van der Waals surface area contributed by atoms with E-state index >= 15 is 0 Å².